The van der Waals surface area contributed by atoms with Gasteiger partial charge in [-0.05, 0) is 32.0 Å². The minimum absolute atomic E-state index is 0.0766. The van der Waals surface area contributed by atoms with Crippen molar-refractivity contribution in [1.29, 1.82) is 0 Å². The zero-order valence-electron chi connectivity index (χ0n) is 17.8. The normalized spacial score (nSPS) is 15.7. The molecule has 0 spiro atoms. The molecule has 7 nitrogen and oxygen atoms in total. The molecule has 0 unspecified atom stereocenters. The zero-order valence-corrected chi connectivity index (χ0v) is 19.5. The van der Waals surface area contributed by atoms with Crippen LogP contribution in [0, 0.1) is 13.8 Å². The van der Waals surface area contributed by atoms with Gasteiger partial charge in [-0.2, -0.15) is 17.5 Å². The van der Waals surface area contributed by atoms with E-state index in [-0.39, 0.29) is 32.1 Å². The number of rotatable bonds is 4. The summed E-state index contributed by atoms with van der Waals surface area (Å²) in [5.41, 5.74) is 0.858. The molecule has 4 rings (SSSR count). The number of carbonyl (C=O) groups is 1. The van der Waals surface area contributed by atoms with Gasteiger partial charge in [0.1, 0.15) is 0 Å². The Labute approximate surface area is 193 Å². The second-order valence-corrected chi connectivity index (χ2v) is 10.4. The van der Waals surface area contributed by atoms with Gasteiger partial charge in [0.2, 0.25) is 10.0 Å². The molecule has 1 saturated heterocycles. The lowest BCUT2D eigenvalue weighted by atomic mass is 10.2. The van der Waals surface area contributed by atoms with Gasteiger partial charge in [-0.3, -0.25) is 9.36 Å². The van der Waals surface area contributed by atoms with E-state index >= 15 is 0 Å². The van der Waals surface area contributed by atoms with Crippen LogP contribution in [0.25, 0.3) is 5.13 Å². The molecule has 3 heterocycles. The van der Waals surface area contributed by atoms with Gasteiger partial charge < -0.3 is 4.90 Å². The van der Waals surface area contributed by atoms with Gasteiger partial charge in [0.05, 0.1) is 16.0 Å². The molecule has 0 atom stereocenters. The van der Waals surface area contributed by atoms with Gasteiger partial charge in [-0.15, -0.1) is 11.3 Å². The molecule has 1 aromatic carbocycles. The Morgan fingerprint density at radius 3 is 2.36 bits per heavy atom. The van der Waals surface area contributed by atoms with Crippen LogP contribution in [0.5, 0.6) is 0 Å². The van der Waals surface area contributed by atoms with Crippen LogP contribution < -0.4 is 0 Å². The van der Waals surface area contributed by atoms with E-state index in [1.807, 2.05) is 23.8 Å². The van der Waals surface area contributed by atoms with Crippen LogP contribution in [0.15, 0.2) is 46.8 Å². The summed E-state index contributed by atoms with van der Waals surface area (Å²) in [7, 11) is -4.37. The highest BCUT2D eigenvalue weighted by Crippen LogP contribution is 2.35. The summed E-state index contributed by atoms with van der Waals surface area (Å²) < 4.78 is 68.8. The van der Waals surface area contributed by atoms with E-state index in [0.717, 1.165) is 39.0 Å². The zero-order chi connectivity index (χ0) is 24.0. The number of amides is 1. The lowest BCUT2D eigenvalue weighted by Gasteiger charge is -2.34. The minimum Gasteiger partial charge on any atom is -0.336 e. The smallest absolute Gasteiger partial charge is 0.336 e. The van der Waals surface area contributed by atoms with Crippen molar-refractivity contribution in [3.05, 3.63) is 64.4 Å². The van der Waals surface area contributed by atoms with E-state index in [2.05, 4.69) is 4.98 Å². The number of hydrogen-bond donors (Lipinski definition) is 0. The Hall–Kier alpha value is -2.70. The molecule has 1 aliphatic heterocycles. The van der Waals surface area contributed by atoms with E-state index in [0.29, 0.717) is 5.56 Å². The van der Waals surface area contributed by atoms with E-state index in [9.17, 15) is 26.4 Å². The number of hydrogen-bond acceptors (Lipinski definition) is 5. The van der Waals surface area contributed by atoms with Crippen LogP contribution in [0.2, 0.25) is 0 Å². The molecule has 0 saturated carbocycles. The van der Waals surface area contributed by atoms with E-state index in [4.69, 9.17) is 0 Å². The molecular weight excluding hydrogens is 477 g/mol. The highest BCUT2D eigenvalue weighted by Gasteiger charge is 2.40. The van der Waals surface area contributed by atoms with Gasteiger partial charge in [0, 0.05) is 49.1 Å². The number of thiazole rings is 1. The van der Waals surface area contributed by atoms with Crippen molar-refractivity contribution in [3.63, 3.8) is 0 Å². The number of nitrogens with zero attached hydrogens (tertiary/aromatic N) is 4. The third-order valence-electron chi connectivity index (χ3n) is 5.61. The first kappa shape index (κ1) is 23.5. The van der Waals surface area contributed by atoms with Crippen LogP contribution >= 0.6 is 11.3 Å². The maximum Gasteiger partial charge on any atom is 0.417 e. The molecule has 1 amide bonds. The van der Waals surface area contributed by atoms with Crippen molar-refractivity contribution < 1.29 is 26.4 Å². The molecule has 176 valence electrons. The highest BCUT2D eigenvalue weighted by molar-refractivity contribution is 7.89. The Kier molecular flexibility index (Phi) is 6.10. The Morgan fingerprint density at radius 2 is 1.76 bits per heavy atom. The summed E-state index contributed by atoms with van der Waals surface area (Å²) in [6.45, 7) is 3.65. The van der Waals surface area contributed by atoms with Crippen molar-refractivity contribution >= 4 is 27.3 Å². The first-order chi connectivity index (χ1) is 15.5. The van der Waals surface area contributed by atoms with E-state index in [1.165, 1.54) is 22.3 Å². The quantitative estimate of drug-likeness (QED) is 0.550. The summed E-state index contributed by atoms with van der Waals surface area (Å²) in [4.78, 5) is 18.2. The molecule has 1 aliphatic rings. The average molecular weight is 499 g/mol. The van der Waals surface area contributed by atoms with Crippen molar-refractivity contribution in [3.8, 4) is 5.13 Å². The summed E-state index contributed by atoms with van der Waals surface area (Å²) >= 11 is 1.44. The number of alkyl halides is 3. The Morgan fingerprint density at radius 1 is 1.09 bits per heavy atom. The van der Waals surface area contributed by atoms with Crippen molar-refractivity contribution in [2.75, 3.05) is 26.2 Å². The lowest BCUT2D eigenvalue weighted by Crippen LogP contribution is -2.50. The van der Waals surface area contributed by atoms with Crippen molar-refractivity contribution in [1.82, 2.24) is 18.8 Å². The second-order valence-electron chi connectivity index (χ2n) is 7.63. The van der Waals surface area contributed by atoms with Gasteiger partial charge in [0.25, 0.3) is 5.91 Å². The molecule has 0 radical (unpaired) electrons. The summed E-state index contributed by atoms with van der Waals surface area (Å²) in [5.74, 6) is -0.251. The number of carbonyl (C=O) groups excluding carboxylic acids is 1. The average Bonchev–Trinajstić information content (AvgIpc) is 3.40. The third-order valence-corrected chi connectivity index (χ3v) is 8.32. The first-order valence-corrected chi connectivity index (χ1v) is 12.4. The maximum atomic E-state index is 13.3. The minimum atomic E-state index is -4.79. The third kappa shape index (κ3) is 4.30. The molecule has 2 aromatic heterocycles. The first-order valence-electron chi connectivity index (χ1n) is 10.1. The molecule has 33 heavy (non-hydrogen) atoms. The molecular formula is C21H21F3N4O3S2. The summed E-state index contributed by atoms with van der Waals surface area (Å²) in [6.07, 6.45) is -3.11. The number of benzene rings is 1. The van der Waals surface area contributed by atoms with Gasteiger partial charge in [0.15, 0.2) is 5.13 Å². The van der Waals surface area contributed by atoms with Gasteiger partial charge >= 0.3 is 6.18 Å². The second kappa shape index (κ2) is 8.58. The Balaban J connectivity index is 1.52. The van der Waals surface area contributed by atoms with Crippen LogP contribution in [0.3, 0.4) is 0 Å². The van der Waals surface area contributed by atoms with Crippen molar-refractivity contribution in [2.45, 2.75) is 24.9 Å². The number of aryl methyl sites for hydroxylation is 1. The van der Waals surface area contributed by atoms with Gasteiger partial charge in [-0.25, -0.2) is 13.4 Å². The van der Waals surface area contributed by atoms with E-state index < -0.39 is 26.7 Å². The van der Waals surface area contributed by atoms with Crippen LogP contribution in [-0.2, 0) is 16.2 Å². The van der Waals surface area contributed by atoms with Crippen LogP contribution in [0.4, 0.5) is 13.2 Å². The molecule has 0 N–H and O–H groups in total. The monoisotopic (exact) mass is 498 g/mol. The molecule has 0 bridgehead atoms. The van der Waals surface area contributed by atoms with Crippen molar-refractivity contribution in [2.24, 2.45) is 0 Å². The number of piperazine rings is 1. The fraction of sp³-hybridized carbons (Fsp3) is 0.333. The lowest BCUT2D eigenvalue weighted by molar-refractivity contribution is -0.139. The number of halogens is 3. The molecule has 1 fully saturated rings. The standard InChI is InChI=1S/C21H21F3N4O3S2/c1-14-13-16(15(2)28(14)20-25-7-12-32-20)19(29)26-8-10-27(11-9-26)33(30,31)18-6-4-3-5-17(18)21(22,23)24/h3-7,12-13H,8-11H2,1-2H3. The summed E-state index contributed by atoms with van der Waals surface area (Å²) in [6, 6.07) is 5.90. The number of aromatic nitrogens is 2. The topological polar surface area (TPSA) is 75.5 Å². The largest absolute Gasteiger partial charge is 0.417 e. The fourth-order valence-corrected chi connectivity index (χ4v) is 6.35. The number of sulfonamides is 1. The molecule has 3 aromatic rings. The SMILES string of the molecule is Cc1cc(C(=O)N2CCN(S(=O)(=O)c3ccccc3C(F)(F)F)CC2)c(C)n1-c1nccs1. The fourth-order valence-electron chi connectivity index (χ4n) is 3.97. The van der Waals surface area contributed by atoms with Gasteiger partial charge in [-0.1, -0.05) is 12.1 Å². The Bertz CT molecular complexity index is 1280. The summed E-state index contributed by atoms with van der Waals surface area (Å²) in [5, 5.41) is 2.58. The molecule has 0 aliphatic carbocycles. The predicted octanol–water partition coefficient (Wildman–Crippen LogP) is 3.72. The van der Waals surface area contributed by atoms with E-state index in [1.54, 1.807) is 12.3 Å². The van der Waals surface area contributed by atoms with Crippen LogP contribution in [-0.4, -0.2) is 59.3 Å². The highest BCUT2D eigenvalue weighted by atomic mass is 32.2. The predicted molar refractivity (Wildman–Crippen MR) is 117 cm³/mol. The van der Waals surface area contributed by atoms with Crippen LogP contribution in [0.1, 0.15) is 27.3 Å². The molecule has 12 heteroatoms. The maximum absolute atomic E-state index is 13.3.